The Morgan fingerprint density at radius 3 is 2.83 bits per heavy atom. The first-order valence-corrected chi connectivity index (χ1v) is 7.25. The van der Waals surface area contributed by atoms with Crippen molar-refractivity contribution in [2.75, 3.05) is 26.0 Å². The van der Waals surface area contributed by atoms with Crippen LogP contribution in [0, 0.1) is 0 Å². The van der Waals surface area contributed by atoms with Crippen LogP contribution in [0.4, 0.5) is 5.69 Å². The SMILES string of the molecule is COCCCCCNS(=O)(=O)c1ncccc1N. The number of sulfonamides is 1. The maximum Gasteiger partial charge on any atom is 0.260 e. The second-order valence-electron chi connectivity index (χ2n) is 3.85. The van der Waals surface area contributed by atoms with Gasteiger partial charge in [-0.3, -0.25) is 0 Å². The molecule has 3 N–H and O–H groups in total. The minimum absolute atomic E-state index is 0.109. The smallest absolute Gasteiger partial charge is 0.260 e. The second-order valence-corrected chi connectivity index (χ2v) is 5.53. The van der Waals surface area contributed by atoms with Gasteiger partial charge in [-0.25, -0.2) is 18.1 Å². The number of rotatable bonds is 8. The molecule has 0 spiro atoms. The van der Waals surface area contributed by atoms with Crippen LogP contribution in [0.3, 0.4) is 0 Å². The number of unbranched alkanes of at least 4 members (excludes halogenated alkanes) is 2. The number of methoxy groups -OCH3 is 1. The van der Waals surface area contributed by atoms with E-state index in [9.17, 15) is 8.42 Å². The van der Waals surface area contributed by atoms with Crippen LogP contribution >= 0.6 is 0 Å². The van der Waals surface area contributed by atoms with Gasteiger partial charge in [0, 0.05) is 26.5 Å². The van der Waals surface area contributed by atoms with Crippen molar-refractivity contribution in [2.45, 2.75) is 24.3 Å². The molecule has 1 aromatic heterocycles. The van der Waals surface area contributed by atoms with Crippen LogP contribution in [0.5, 0.6) is 0 Å². The van der Waals surface area contributed by atoms with Gasteiger partial charge in [-0.2, -0.15) is 0 Å². The lowest BCUT2D eigenvalue weighted by Gasteiger charge is -2.07. The van der Waals surface area contributed by atoms with Gasteiger partial charge in [0.05, 0.1) is 5.69 Å². The van der Waals surface area contributed by atoms with Crippen LogP contribution in [0.2, 0.25) is 0 Å². The lowest BCUT2D eigenvalue weighted by molar-refractivity contribution is 0.192. The Morgan fingerprint density at radius 2 is 2.17 bits per heavy atom. The van der Waals surface area contributed by atoms with Gasteiger partial charge >= 0.3 is 0 Å². The van der Waals surface area contributed by atoms with Crippen LogP contribution in [-0.4, -0.2) is 33.7 Å². The van der Waals surface area contributed by atoms with Crippen molar-refractivity contribution in [3.05, 3.63) is 18.3 Å². The highest BCUT2D eigenvalue weighted by molar-refractivity contribution is 7.89. The summed E-state index contributed by atoms with van der Waals surface area (Å²) in [6.45, 7) is 1.07. The molecule has 18 heavy (non-hydrogen) atoms. The van der Waals surface area contributed by atoms with E-state index in [1.54, 1.807) is 13.2 Å². The van der Waals surface area contributed by atoms with Crippen molar-refractivity contribution in [3.8, 4) is 0 Å². The lowest BCUT2D eigenvalue weighted by atomic mass is 10.2. The zero-order chi connectivity index (χ0) is 13.4. The molecule has 1 aromatic rings. The van der Waals surface area contributed by atoms with E-state index in [-0.39, 0.29) is 10.7 Å². The average molecular weight is 273 g/mol. The third-order valence-corrected chi connectivity index (χ3v) is 3.81. The Hall–Kier alpha value is -1.18. The summed E-state index contributed by atoms with van der Waals surface area (Å²) in [6, 6.07) is 3.11. The first kappa shape index (κ1) is 14.9. The molecular formula is C11H19N3O3S. The van der Waals surface area contributed by atoms with Crippen molar-refractivity contribution in [2.24, 2.45) is 0 Å². The van der Waals surface area contributed by atoms with Crippen LogP contribution in [0.15, 0.2) is 23.4 Å². The van der Waals surface area contributed by atoms with Crippen molar-refractivity contribution >= 4 is 15.7 Å². The zero-order valence-electron chi connectivity index (χ0n) is 10.4. The number of pyridine rings is 1. The normalized spacial score (nSPS) is 11.6. The van der Waals surface area contributed by atoms with Gasteiger partial charge in [0.1, 0.15) is 0 Å². The quantitative estimate of drug-likeness (QED) is 0.682. The zero-order valence-corrected chi connectivity index (χ0v) is 11.2. The minimum Gasteiger partial charge on any atom is -0.396 e. The Balaban J connectivity index is 2.44. The number of nitrogens with zero attached hydrogens (tertiary/aromatic N) is 1. The van der Waals surface area contributed by atoms with Gasteiger partial charge in [-0.1, -0.05) is 0 Å². The first-order valence-electron chi connectivity index (χ1n) is 5.77. The van der Waals surface area contributed by atoms with E-state index >= 15 is 0 Å². The fourth-order valence-corrected chi connectivity index (χ4v) is 2.58. The van der Waals surface area contributed by atoms with Crippen molar-refractivity contribution < 1.29 is 13.2 Å². The Morgan fingerprint density at radius 1 is 1.39 bits per heavy atom. The molecule has 1 heterocycles. The van der Waals surface area contributed by atoms with E-state index < -0.39 is 10.0 Å². The highest BCUT2D eigenvalue weighted by Crippen LogP contribution is 2.13. The van der Waals surface area contributed by atoms with Crippen LogP contribution < -0.4 is 10.5 Å². The molecule has 0 atom stereocenters. The van der Waals surface area contributed by atoms with E-state index in [0.717, 1.165) is 19.3 Å². The first-order chi connectivity index (χ1) is 8.58. The third-order valence-electron chi connectivity index (χ3n) is 2.37. The molecule has 0 aliphatic carbocycles. The molecule has 0 amide bonds. The molecule has 1 rings (SSSR count). The molecule has 6 nitrogen and oxygen atoms in total. The van der Waals surface area contributed by atoms with Gasteiger partial charge < -0.3 is 10.5 Å². The van der Waals surface area contributed by atoms with Crippen molar-refractivity contribution in [1.29, 1.82) is 0 Å². The Labute approximate surface area is 108 Å². The summed E-state index contributed by atoms with van der Waals surface area (Å²) in [6.07, 6.45) is 4.00. The number of anilines is 1. The number of ether oxygens (including phenoxy) is 1. The predicted octanol–water partition coefficient (Wildman–Crippen LogP) is 0.759. The maximum absolute atomic E-state index is 11.9. The number of aromatic nitrogens is 1. The molecule has 0 saturated carbocycles. The number of nitrogen functional groups attached to an aromatic ring is 1. The van der Waals surface area contributed by atoms with Gasteiger partial charge in [0.25, 0.3) is 10.0 Å². The standard InChI is InChI=1S/C11H19N3O3S/c1-17-9-4-2-3-8-14-18(15,16)11-10(12)6-5-7-13-11/h5-7,14H,2-4,8-9,12H2,1H3. The van der Waals surface area contributed by atoms with Gasteiger partial charge in [0.2, 0.25) is 0 Å². The third kappa shape index (κ3) is 4.59. The van der Waals surface area contributed by atoms with Gasteiger partial charge in [-0.15, -0.1) is 0 Å². The van der Waals surface area contributed by atoms with E-state index in [4.69, 9.17) is 10.5 Å². The van der Waals surface area contributed by atoms with E-state index in [2.05, 4.69) is 9.71 Å². The summed E-state index contributed by atoms with van der Waals surface area (Å²) in [5.74, 6) is 0. The molecule has 0 bridgehead atoms. The molecule has 0 aliphatic heterocycles. The van der Waals surface area contributed by atoms with Gasteiger partial charge in [0.15, 0.2) is 5.03 Å². The minimum atomic E-state index is -3.60. The molecule has 0 unspecified atom stereocenters. The molecular weight excluding hydrogens is 254 g/mol. The Kier molecular flexibility index (Phi) is 6.03. The number of nitrogens with one attached hydrogen (secondary N) is 1. The maximum atomic E-state index is 11.9. The van der Waals surface area contributed by atoms with E-state index in [1.165, 1.54) is 12.3 Å². The molecule has 0 fully saturated rings. The molecule has 0 saturated heterocycles. The van der Waals surface area contributed by atoms with E-state index in [0.29, 0.717) is 13.2 Å². The fraction of sp³-hybridized carbons (Fsp3) is 0.545. The monoisotopic (exact) mass is 273 g/mol. The number of hydrogen-bond donors (Lipinski definition) is 2. The van der Waals surface area contributed by atoms with Gasteiger partial charge in [-0.05, 0) is 31.4 Å². The Bertz CT molecular complexity index is 462. The highest BCUT2D eigenvalue weighted by Gasteiger charge is 2.17. The summed E-state index contributed by atoms with van der Waals surface area (Å²) in [5.41, 5.74) is 5.74. The molecule has 7 heteroatoms. The van der Waals surface area contributed by atoms with E-state index in [1.807, 2.05) is 0 Å². The molecule has 102 valence electrons. The van der Waals surface area contributed by atoms with Crippen molar-refractivity contribution in [1.82, 2.24) is 9.71 Å². The van der Waals surface area contributed by atoms with Crippen LogP contribution in [0.25, 0.3) is 0 Å². The number of hydrogen-bond acceptors (Lipinski definition) is 5. The predicted molar refractivity (Wildman–Crippen MR) is 69.6 cm³/mol. The topological polar surface area (TPSA) is 94.3 Å². The molecule has 0 aliphatic rings. The van der Waals surface area contributed by atoms with Crippen LogP contribution in [0.1, 0.15) is 19.3 Å². The second kappa shape index (κ2) is 7.30. The number of nitrogens with two attached hydrogens (primary N) is 1. The van der Waals surface area contributed by atoms with Crippen LogP contribution in [-0.2, 0) is 14.8 Å². The fourth-order valence-electron chi connectivity index (χ4n) is 1.45. The summed E-state index contributed by atoms with van der Waals surface area (Å²) >= 11 is 0. The summed E-state index contributed by atoms with van der Waals surface area (Å²) in [7, 11) is -1.96. The highest BCUT2D eigenvalue weighted by atomic mass is 32.2. The molecule has 0 aromatic carbocycles. The largest absolute Gasteiger partial charge is 0.396 e. The average Bonchev–Trinajstić information content (AvgIpc) is 2.34. The molecule has 0 radical (unpaired) electrons. The summed E-state index contributed by atoms with van der Waals surface area (Å²) in [5, 5.41) is -0.109. The van der Waals surface area contributed by atoms with Crippen molar-refractivity contribution in [3.63, 3.8) is 0 Å². The summed E-state index contributed by atoms with van der Waals surface area (Å²) < 4.78 is 31.1. The lowest BCUT2D eigenvalue weighted by Crippen LogP contribution is -2.26. The summed E-state index contributed by atoms with van der Waals surface area (Å²) in [4.78, 5) is 3.78.